The molecule has 0 saturated heterocycles. The Balaban J connectivity index is 0.00000272. The van der Waals surface area contributed by atoms with Crippen molar-refractivity contribution < 1.29 is 58.9 Å². The maximum Gasteiger partial charge on any atom is 1.00 e. The maximum atomic E-state index is 13.1. The van der Waals surface area contributed by atoms with Gasteiger partial charge in [-0.15, -0.1) is 0 Å². The van der Waals surface area contributed by atoms with Crippen molar-refractivity contribution in [1.29, 1.82) is 0 Å². The third-order valence-corrected chi connectivity index (χ3v) is 5.02. The standard InChI is InChI=1S/C24H20F3NO3.Na.H/c1-13-7-8-17(16-5-4-6-19(11-16)24(25,26)27)12-20(13)22(29)28-21-14(2)9-18(23(30)31)10-15(21)3;;/h4-12H,1-3H3,(H,28,29)(H,30,31);;/q;+1;-1. The van der Waals surface area contributed by atoms with Crippen molar-refractivity contribution in [1.82, 2.24) is 0 Å². The zero-order chi connectivity index (χ0) is 22.9. The molecule has 3 aromatic rings. The van der Waals surface area contributed by atoms with E-state index in [1.54, 1.807) is 45.0 Å². The SMILES string of the molecule is Cc1ccc(-c2cccc(C(F)(F)F)c2)cc1C(=O)Nc1c(C)cc(C(=O)O)cc1C.[H-].[Na+]. The van der Waals surface area contributed by atoms with Crippen LogP contribution in [0.15, 0.2) is 54.6 Å². The second kappa shape index (κ2) is 9.90. The third kappa shape index (κ3) is 5.59. The molecule has 3 aromatic carbocycles. The van der Waals surface area contributed by atoms with Gasteiger partial charge in [0.2, 0.25) is 0 Å². The van der Waals surface area contributed by atoms with Gasteiger partial charge >= 0.3 is 41.7 Å². The molecule has 0 unspecified atom stereocenters. The fourth-order valence-electron chi connectivity index (χ4n) is 3.39. The minimum atomic E-state index is -4.46. The van der Waals surface area contributed by atoms with Gasteiger partial charge in [0.25, 0.3) is 5.91 Å². The van der Waals surface area contributed by atoms with Crippen LogP contribution >= 0.6 is 0 Å². The third-order valence-electron chi connectivity index (χ3n) is 5.02. The predicted octanol–water partition coefficient (Wildman–Crippen LogP) is 3.36. The van der Waals surface area contributed by atoms with Gasteiger partial charge in [-0.05, 0) is 78.9 Å². The van der Waals surface area contributed by atoms with Gasteiger partial charge in [-0.25, -0.2) is 4.79 Å². The van der Waals surface area contributed by atoms with Crippen LogP contribution in [0.2, 0.25) is 0 Å². The summed E-state index contributed by atoms with van der Waals surface area (Å²) < 4.78 is 39.2. The zero-order valence-electron chi connectivity index (χ0n) is 19.1. The zero-order valence-corrected chi connectivity index (χ0v) is 20.1. The Hall–Kier alpha value is -2.61. The fourth-order valence-corrected chi connectivity index (χ4v) is 3.39. The molecule has 0 aliphatic heterocycles. The summed E-state index contributed by atoms with van der Waals surface area (Å²) in [5.74, 6) is -1.49. The number of halogens is 3. The Labute approximate surface area is 207 Å². The molecular weight excluding hydrogens is 430 g/mol. The number of rotatable bonds is 4. The summed E-state index contributed by atoms with van der Waals surface area (Å²) in [6.07, 6.45) is -4.46. The van der Waals surface area contributed by atoms with E-state index in [0.717, 1.165) is 12.1 Å². The number of anilines is 1. The van der Waals surface area contributed by atoms with Crippen LogP contribution in [0.5, 0.6) is 0 Å². The van der Waals surface area contributed by atoms with Crippen LogP contribution in [0.4, 0.5) is 18.9 Å². The minimum Gasteiger partial charge on any atom is -1.00 e. The van der Waals surface area contributed by atoms with Gasteiger partial charge in [0.05, 0.1) is 11.1 Å². The summed E-state index contributed by atoms with van der Waals surface area (Å²) in [4.78, 5) is 24.2. The van der Waals surface area contributed by atoms with Crippen LogP contribution in [0.1, 0.15) is 44.4 Å². The Morgan fingerprint density at radius 1 is 0.875 bits per heavy atom. The monoisotopic (exact) mass is 451 g/mol. The van der Waals surface area contributed by atoms with Gasteiger partial charge in [0.15, 0.2) is 0 Å². The van der Waals surface area contributed by atoms with Crippen molar-refractivity contribution in [3.8, 4) is 11.1 Å². The first kappa shape index (κ1) is 25.6. The Morgan fingerprint density at radius 3 is 2.03 bits per heavy atom. The van der Waals surface area contributed by atoms with Gasteiger partial charge < -0.3 is 11.8 Å². The number of aryl methyl sites for hydroxylation is 3. The van der Waals surface area contributed by atoms with Gasteiger partial charge in [-0.3, -0.25) is 4.79 Å². The molecule has 32 heavy (non-hydrogen) atoms. The van der Waals surface area contributed by atoms with E-state index < -0.39 is 23.6 Å². The smallest absolute Gasteiger partial charge is 1.00 e. The molecule has 8 heteroatoms. The summed E-state index contributed by atoms with van der Waals surface area (Å²) >= 11 is 0. The summed E-state index contributed by atoms with van der Waals surface area (Å²) in [5.41, 5.74) is 2.85. The number of hydrogen-bond donors (Lipinski definition) is 2. The predicted molar refractivity (Wildman–Crippen MR) is 114 cm³/mol. The Bertz CT molecular complexity index is 1170. The van der Waals surface area contributed by atoms with Crippen molar-refractivity contribution >= 4 is 17.6 Å². The molecule has 0 spiro atoms. The molecule has 0 fully saturated rings. The average Bonchev–Trinajstić information content (AvgIpc) is 2.70. The van der Waals surface area contributed by atoms with Gasteiger partial charge in [-0.1, -0.05) is 24.3 Å². The van der Waals surface area contributed by atoms with Gasteiger partial charge in [-0.2, -0.15) is 13.2 Å². The molecule has 0 aliphatic rings. The number of carboxylic acids is 1. The second-order valence-corrected chi connectivity index (χ2v) is 7.35. The first-order chi connectivity index (χ1) is 14.5. The quantitative estimate of drug-likeness (QED) is 0.598. The summed E-state index contributed by atoms with van der Waals surface area (Å²) in [6.45, 7) is 5.13. The molecule has 0 aliphatic carbocycles. The molecule has 0 aromatic heterocycles. The van der Waals surface area contributed by atoms with Crippen LogP contribution in [0, 0.1) is 20.8 Å². The number of aromatic carboxylic acids is 1. The van der Waals surface area contributed by atoms with Crippen LogP contribution in [0.3, 0.4) is 0 Å². The van der Waals surface area contributed by atoms with Gasteiger partial charge in [0, 0.05) is 11.3 Å². The van der Waals surface area contributed by atoms with E-state index in [1.807, 2.05) is 0 Å². The van der Waals surface area contributed by atoms with Crippen LogP contribution in [-0.4, -0.2) is 17.0 Å². The molecule has 0 heterocycles. The van der Waals surface area contributed by atoms with E-state index in [0.29, 0.717) is 39.1 Å². The number of amides is 1. The molecular formula is C24H21F3NNaO3. The van der Waals surface area contributed by atoms with Crippen LogP contribution in [0.25, 0.3) is 11.1 Å². The largest absolute Gasteiger partial charge is 1.00 e. The molecule has 162 valence electrons. The van der Waals surface area contributed by atoms with Crippen LogP contribution in [-0.2, 0) is 6.18 Å². The van der Waals surface area contributed by atoms with Crippen molar-refractivity contribution in [2.24, 2.45) is 0 Å². The molecule has 2 N–H and O–H groups in total. The van der Waals surface area contributed by atoms with Crippen molar-refractivity contribution in [2.75, 3.05) is 5.32 Å². The average molecular weight is 451 g/mol. The van der Waals surface area contributed by atoms with Crippen LogP contribution < -0.4 is 34.9 Å². The van der Waals surface area contributed by atoms with E-state index in [2.05, 4.69) is 5.32 Å². The Kier molecular flexibility index (Phi) is 7.93. The topological polar surface area (TPSA) is 66.4 Å². The van der Waals surface area contributed by atoms with E-state index in [-0.39, 0.29) is 36.5 Å². The second-order valence-electron chi connectivity index (χ2n) is 7.35. The molecule has 1 amide bonds. The summed E-state index contributed by atoms with van der Waals surface area (Å²) in [6, 6.07) is 12.8. The Morgan fingerprint density at radius 2 is 1.47 bits per heavy atom. The molecule has 0 bridgehead atoms. The molecule has 0 radical (unpaired) electrons. The summed E-state index contributed by atoms with van der Waals surface area (Å²) in [7, 11) is 0. The first-order valence-electron chi connectivity index (χ1n) is 9.41. The van der Waals surface area contributed by atoms with E-state index in [1.165, 1.54) is 18.2 Å². The number of carboxylic acid groups (broad SMARTS) is 1. The normalized spacial score (nSPS) is 10.9. The number of carbonyl (C=O) groups excluding carboxylic acids is 1. The minimum absolute atomic E-state index is 0. The van der Waals surface area contributed by atoms with E-state index in [9.17, 15) is 27.9 Å². The molecule has 0 atom stereocenters. The molecule has 4 nitrogen and oxygen atoms in total. The number of hydrogen-bond acceptors (Lipinski definition) is 2. The molecule has 3 rings (SSSR count). The molecule has 0 saturated carbocycles. The first-order valence-corrected chi connectivity index (χ1v) is 9.41. The maximum absolute atomic E-state index is 13.1. The van der Waals surface area contributed by atoms with Crippen molar-refractivity contribution in [3.63, 3.8) is 0 Å². The van der Waals surface area contributed by atoms with Gasteiger partial charge in [0.1, 0.15) is 0 Å². The van der Waals surface area contributed by atoms with E-state index >= 15 is 0 Å². The van der Waals surface area contributed by atoms with Crippen molar-refractivity contribution in [2.45, 2.75) is 26.9 Å². The number of nitrogens with one attached hydrogen (secondary N) is 1. The number of carbonyl (C=O) groups is 2. The van der Waals surface area contributed by atoms with E-state index in [4.69, 9.17) is 0 Å². The fraction of sp³-hybridized carbons (Fsp3) is 0.167. The summed E-state index contributed by atoms with van der Waals surface area (Å²) in [5, 5.41) is 12.0. The number of alkyl halides is 3. The number of benzene rings is 3. The van der Waals surface area contributed by atoms with Crippen molar-refractivity contribution in [3.05, 3.63) is 88.0 Å².